The SMILES string of the molecule is NC(Cc1c[nH]c2ccccc12)C(=O)N1CCCC1C(=O)NC(CC(=O)O)C(=O)NC(CS)C(=O)O. The molecule has 36 heavy (non-hydrogen) atoms. The molecule has 2 aromatic rings. The second kappa shape index (κ2) is 11.9. The van der Waals surface area contributed by atoms with Gasteiger partial charge in [-0.25, -0.2) is 4.79 Å². The number of thiol groups is 1. The van der Waals surface area contributed by atoms with Crippen LogP contribution in [0.15, 0.2) is 30.5 Å². The average molecular weight is 520 g/mol. The predicted octanol–water partition coefficient (Wildman–Crippen LogP) is -0.513. The molecule has 3 rings (SSSR count). The van der Waals surface area contributed by atoms with Crippen LogP contribution in [0.25, 0.3) is 10.9 Å². The summed E-state index contributed by atoms with van der Waals surface area (Å²) >= 11 is 3.86. The van der Waals surface area contributed by atoms with Crippen molar-refractivity contribution in [2.24, 2.45) is 5.73 Å². The summed E-state index contributed by atoms with van der Waals surface area (Å²) in [6, 6.07) is 2.85. The molecule has 4 atom stereocenters. The maximum atomic E-state index is 13.1. The second-order valence-electron chi connectivity index (χ2n) is 8.60. The summed E-state index contributed by atoms with van der Waals surface area (Å²) in [6.45, 7) is 0.287. The van der Waals surface area contributed by atoms with Crippen LogP contribution >= 0.6 is 12.6 Å². The number of hydrogen-bond donors (Lipinski definition) is 7. The van der Waals surface area contributed by atoms with Crippen LogP contribution in [0.1, 0.15) is 24.8 Å². The second-order valence-corrected chi connectivity index (χ2v) is 8.97. The number of aromatic amines is 1. The van der Waals surface area contributed by atoms with E-state index >= 15 is 0 Å². The van der Waals surface area contributed by atoms with Crippen LogP contribution in [0.3, 0.4) is 0 Å². The Morgan fingerprint density at radius 2 is 1.86 bits per heavy atom. The summed E-state index contributed by atoms with van der Waals surface area (Å²) in [4.78, 5) is 65.6. The van der Waals surface area contributed by atoms with Crippen molar-refractivity contribution in [1.29, 1.82) is 0 Å². The van der Waals surface area contributed by atoms with Crippen molar-refractivity contribution in [2.45, 2.75) is 49.9 Å². The van der Waals surface area contributed by atoms with Gasteiger partial charge in [0.25, 0.3) is 0 Å². The van der Waals surface area contributed by atoms with Crippen molar-refractivity contribution in [3.63, 3.8) is 0 Å². The summed E-state index contributed by atoms with van der Waals surface area (Å²) in [5.41, 5.74) is 7.99. The molecular formula is C23H29N5O7S. The number of nitrogens with one attached hydrogen (secondary N) is 3. The number of carboxylic acid groups (broad SMARTS) is 2. The summed E-state index contributed by atoms with van der Waals surface area (Å²) < 4.78 is 0. The number of rotatable bonds is 11. The van der Waals surface area contributed by atoms with Gasteiger partial charge in [0.05, 0.1) is 12.5 Å². The zero-order chi connectivity index (χ0) is 26.4. The number of nitrogens with two attached hydrogens (primary N) is 1. The van der Waals surface area contributed by atoms with Gasteiger partial charge in [-0.1, -0.05) is 18.2 Å². The Morgan fingerprint density at radius 1 is 1.14 bits per heavy atom. The van der Waals surface area contributed by atoms with E-state index in [-0.39, 0.29) is 18.7 Å². The lowest BCUT2D eigenvalue weighted by atomic mass is 10.0. The lowest BCUT2D eigenvalue weighted by molar-refractivity contribution is -0.144. The number of carbonyl (C=O) groups excluding carboxylic acids is 3. The summed E-state index contributed by atoms with van der Waals surface area (Å²) in [7, 11) is 0. The van der Waals surface area contributed by atoms with Crippen LogP contribution in [0.4, 0.5) is 0 Å². The molecule has 1 aliphatic rings. The van der Waals surface area contributed by atoms with Gasteiger partial charge in [-0.2, -0.15) is 12.6 Å². The third-order valence-electron chi connectivity index (χ3n) is 6.08. The average Bonchev–Trinajstić information content (AvgIpc) is 3.48. The number of nitrogens with zero attached hydrogens (tertiary/aromatic N) is 1. The third-order valence-corrected chi connectivity index (χ3v) is 6.44. The van der Waals surface area contributed by atoms with Crippen LogP contribution in [-0.4, -0.2) is 86.2 Å². The van der Waals surface area contributed by atoms with E-state index in [4.69, 9.17) is 10.8 Å². The number of fused-ring (bicyclic) bond motifs is 1. The van der Waals surface area contributed by atoms with Gasteiger partial charge in [0.1, 0.15) is 18.1 Å². The highest BCUT2D eigenvalue weighted by Crippen LogP contribution is 2.22. The number of carbonyl (C=O) groups is 5. The van der Waals surface area contributed by atoms with Gasteiger partial charge >= 0.3 is 11.9 Å². The number of para-hydroxylation sites is 1. The molecule has 0 spiro atoms. The lowest BCUT2D eigenvalue weighted by Crippen LogP contribution is -2.57. The number of benzene rings is 1. The molecule has 1 aromatic carbocycles. The monoisotopic (exact) mass is 519 g/mol. The first-order valence-electron chi connectivity index (χ1n) is 11.4. The molecule has 194 valence electrons. The van der Waals surface area contributed by atoms with E-state index < -0.39 is 60.2 Å². The van der Waals surface area contributed by atoms with Crippen molar-refractivity contribution < 1.29 is 34.2 Å². The van der Waals surface area contributed by atoms with E-state index in [1.165, 1.54) is 4.90 Å². The molecule has 2 heterocycles. The molecule has 0 bridgehead atoms. The van der Waals surface area contributed by atoms with Gasteiger partial charge in [-0.15, -0.1) is 0 Å². The van der Waals surface area contributed by atoms with Crippen molar-refractivity contribution in [3.05, 3.63) is 36.0 Å². The largest absolute Gasteiger partial charge is 0.481 e. The first-order chi connectivity index (χ1) is 17.1. The molecule has 7 N–H and O–H groups in total. The maximum absolute atomic E-state index is 13.1. The molecule has 4 unspecified atom stereocenters. The van der Waals surface area contributed by atoms with E-state index in [9.17, 15) is 29.1 Å². The van der Waals surface area contributed by atoms with Crippen molar-refractivity contribution in [3.8, 4) is 0 Å². The molecular weight excluding hydrogens is 490 g/mol. The Kier molecular flexibility index (Phi) is 8.93. The fourth-order valence-corrected chi connectivity index (χ4v) is 4.50. The summed E-state index contributed by atoms with van der Waals surface area (Å²) in [6.07, 6.45) is 2.11. The van der Waals surface area contributed by atoms with Gasteiger partial charge in [0.15, 0.2) is 0 Å². The highest BCUT2D eigenvalue weighted by Gasteiger charge is 2.38. The van der Waals surface area contributed by atoms with Crippen molar-refractivity contribution in [1.82, 2.24) is 20.5 Å². The fourth-order valence-electron chi connectivity index (χ4n) is 4.25. The molecule has 1 fully saturated rings. The number of aromatic nitrogens is 1. The highest BCUT2D eigenvalue weighted by molar-refractivity contribution is 7.80. The van der Waals surface area contributed by atoms with Crippen LogP contribution in [0.5, 0.6) is 0 Å². The zero-order valence-electron chi connectivity index (χ0n) is 19.3. The molecule has 12 nitrogen and oxygen atoms in total. The molecule has 0 saturated carbocycles. The lowest BCUT2D eigenvalue weighted by Gasteiger charge is -2.28. The maximum Gasteiger partial charge on any atom is 0.327 e. The Labute approximate surface area is 212 Å². The topological polar surface area (TPSA) is 195 Å². The van der Waals surface area contributed by atoms with E-state index in [1.807, 2.05) is 24.3 Å². The number of carboxylic acids is 2. The molecule has 1 aromatic heterocycles. The Bertz CT molecular complexity index is 1150. The minimum absolute atomic E-state index is 0.228. The van der Waals surface area contributed by atoms with Gasteiger partial charge in [0.2, 0.25) is 17.7 Å². The van der Waals surface area contributed by atoms with Gasteiger partial charge in [0, 0.05) is 29.4 Å². The van der Waals surface area contributed by atoms with Crippen LogP contribution in [0.2, 0.25) is 0 Å². The van der Waals surface area contributed by atoms with Crippen LogP contribution in [-0.2, 0) is 30.4 Å². The fraction of sp³-hybridized carbons (Fsp3) is 0.435. The van der Waals surface area contributed by atoms with Crippen molar-refractivity contribution >= 4 is 53.2 Å². The van der Waals surface area contributed by atoms with E-state index in [2.05, 4.69) is 28.2 Å². The van der Waals surface area contributed by atoms with Crippen molar-refractivity contribution in [2.75, 3.05) is 12.3 Å². The first kappa shape index (κ1) is 27.0. The number of amides is 3. The van der Waals surface area contributed by atoms with Gasteiger partial charge in [-0.05, 0) is 30.9 Å². The standard InChI is InChI=1S/C23H29N5O7S/c24-14(8-12-10-25-15-5-2-1-4-13(12)15)22(33)28-7-3-6-18(28)21(32)26-16(9-19(29)30)20(31)27-17(11-36)23(34)35/h1-2,4-5,10,14,16-18,25,36H,3,6-9,11,24H2,(H,26,32)(H,27,31)(H,29,30)(H,34,35). The molecule has 13 heteroatoms. The van der Waals surface area contributed by atoms with E-state index in [0.29, 0.717) is 12.8 Å². The highest BCUT2D eigenvalue weighted by atomic mass is 32.1. The summed E-state index contributed by atoms with van der Waals surface area (Å²) in [5.74, 6) is -5.06. The van der Waals surface area contributed by atoms with Gasteiger partial charge < -0.3 is 36.5 Å². The first-order valence-corrected chi connectivity index (χ1v) is 12.0. The number of aliphatic carboxylic acids is 2. The quantitative estimate of drug-likeness (QED) is 0.193. The molecule has 0 aliphatic carbocycles. The Morgan fingerprint density at radius 3 is 2.53 bits per heavy atom. The normalized spacial score (nSPS) is 17.8. The molecule has 1 aliphatic heterocycles. The summed E-state index contributed by atoms with van der Waals surface area (Å²) in [5, 5.41) is 23.8. The Hall–Kier alpha value is -3.58. The third kappa shape index (κ3) is 6.34. The molecule has 3 amide bonds. The zero-order valence-corrected chi connectivity index (χ0v) is 20.2. The number of likely N-dealkylation sites (tertiary alicyclic amines) is 1. The van der Waals surface area contributed by atoms with Gasteiger partial charge in [-0.3, -0.25) is 19.2 Å². The van der Waals surface area contributed by atoms with E-state index in [1.54, 1.807) is 6.20 Å². The predicted molar refractivity (Wildman–Crippen MR) is 132 cm³/mol. The van der Waals surface area contributed by atoms with Crippen LogP contribution < -0.4 is 16.4 Å². The van der Waals surface area contributed by atoms with E-state index in [0.717, 1.165) is 16.5 Å². The Balaban J connectivity index is 1.68. The smallest absolute Gasteiger partial charge is 0.327 e. The molecule has 1 saturated heterocycles. The minimum Gasteiger partial charge on any atom is -0.481 e. The van der Waals surface area contributed by atoms with Crippen LogP contribution in [0, 0.1) is 0 Å². The number of H-pyrrole nitrogens is 1. The minimum atomic E-state index is -1.53. The molecule has 0 radical (unpaired) electrons. The number of hydrogen-bond acceptors (Lipinski definition) is 7.